The fourth-order valence-electron chi connectivity index (χ4n) is 1.81. The van der Waals surface area contributed by atoms with Crippen molar-refractivity contribution in [3.05, 3.63) is 22.0 Å². The Morgan fingerprint density at radius 1 is 1.69 bits per heavy atom. The smallest absolute Gasteiger partial charge is 0.310 e. The summed E-state index contributed by atoms with van der Waals surface area (Å²) >= 11 is 0. The number of aryl methyl sites for hydroxylation is 1. The fraction of sp³-hybridized carbons (Fsp3) is 0.556. The van der Waals surface area contributed by atoms with Gasteiger partial charge in [0.05, 0.1) is 11.3 Å². The van der Waals surface area contributed by atoms with Gasteiger partial charge < -0.3 is 5.11 Å². The minimum absolute atomic E-state index is 0.145. The molecule has 0 aromatic carbocycles. The van der Waals surface area contributed by atoms with Crippen LogP contribution >= 0.6 is 0 Å². The monoisotopic (exact) mass is 227 g/mol. The number of hydrogen-bond donors (Lipinski definition) is 1. The van der Waals surface area contributed by atoms with Crippen LogP contribution in [-0.4, -0.2) is 25.8 Å². The molecule has 88 valence electrons. The summed E-state index contributed by atoms with van der Waals surface area (Å²) in [6, 6.07) is 0. The number of aliphatic carboxylic acids is 1. The third kappa shape index (κ3) is 2.18. The van der Waals surface area contributed by atoms with Crippen LogP contribution in [0.25, 0.3) is 0 Å². The molecule has 7 nitrogen and oxygen atoms in total. The highest BCUT2D eigenvalue weighted by Crippen LogP contribution is 2.33. The summed E-state index contributed by atoms with van der Waals surface area (Å²) in [5.41, 5.74) is -0.659. The van der Waals surface area contributed by atoms with Gasteiger partial charge in [-0.1, -0.05) is 13.8 Å². The van der Waals surface area contributed by atoms with E-state index in [9.17, 15) is 14.9 Å². The van der Waals surface area contributed by atoms with Crippen LogP contribution in [-0.2, 0) is 17.3 Å². The van der Waals surface area contributed by atoms with E-state index in [1.165, 1.54) is 4.68 Å². The van der Waals surface area contributed by atoms with Gasteiger partial charge in [-0.25, -0.2) is 0 Å². The zero-order valence-electron chi connectivity index (χ0n) is 9.30. The third-order valence-corrected chi connectivity index (χ3v) is 2.35. The average molecular weight is 227 g/mol. The van der Waals surface area contributed by atoms with Crippen LogP contribution in [0.1, 0.15) is 26.0 Å². The second-order valence-corrected chi connectivity index (χ2v) is 4.21. The molecular weight excluding hydrogens is 214 g/mol. The molecule has 1 aromatic heterocycles. The van der Waals surface area contributed by atoms with Crippen molar-refractivity contribution in [2.75, 3.05) is 0 Å². The van der Waals surface area contributed by atoms with Gasteiger partial charge in [0.2, 0.25) is 0 Å². The van der Waals surface area contributed by atoms with Crippen molar-refractivity contribution in [2.45, 2.75) is 25.7 Å². The lowest BCUT2D eigenvalue weighted by Crippen LogP contribution is -2.25. The van der Waals surface area contributed by atoms with E-state index in [1.807, 2.05) is 0 Å². The molecule has 0 aliphatic carbocycles. The number of carboxylic acid groups (broad SMARTS) is 1. The summed E-state index contributed by atoms with van der Waals surface area (Å²) in [7, 11) is 1.56. The summed E-state index contributed by atoms with van der Waals surface area (Å²) in [5.74, 6) is -1.000. The van der Waals surface area contributed by atoms with Crippen molar-refractivity contribution in [1.29, 1.82) is 0 Å². The maximum atomic E-state index is 10.8. The van der Waals surface area contributed by atoms with Crippen molar-refractivity contribution in [1.82, 2.24) is 9.78 Å². The molecule has 0 amide bonds. The van der Waals surface area contributed by atoms with Crippen LogP contribution in [0.2, 0.25) is 0 Å². The third-order valence-electron chi connectivity index (χ3n) is 2.35. The Kier molecular flexibility index (Phi) is 2.97. The highest BCUT2D eigenvalue weighted by Gasteiger charge is 2.35. The van der Waals surface area contributed by atoms with Gasteiger partial charge in [0.1, 0.15) is 11.9 Å². The Morgan fingerprint density at radius 2 is 2.25 bits per heavy atom. The van der Waals surface area contributed by atoms with E-state index >= 15 is 0 Å². The quantitative estimate of drug-likeness (QED) is 0.613. The van der Waals surface area contributed by atoms with Crippen molar-refractivity contribution in [3.8, 4) is 0 Å². The number of carbonyl (C=O) groups is 1. The van der Waals surface area contributed by atoms with Gasteiger partial charge in [0, 0.05) is 12.5 Å². The lowest BCUT2D eigenvalue weighted by Gasteiger charge is -2.21. The summed E-state index contributed by atoms with van der Waals surface area (Å²) in [4.78, 5) is 20.9. The second-order valence-electron chi connectivity index (χ2n) is 4.21. The Hall–Kier alpha value is -1.92. The molecule has 1 N–H and O–H groups in total. The number of rotatable bonds is 4. The fourth-order valence-corrected chi connectivity index (χ4v) is 1.81. The largest absolute Gasteiger partial charge is 0.481 e. The number of nitro groups is 1. The second kappa shape index (κ2) is 3.92. The average Bonchev–Trinajstić information content (AvgIpc) is 2.44. The molecule has 16 heavy (non-hydrogen) atoms. The molecule has 0 aliphatic heterocycles. The number of hydrogen-bond acceptors (Lipinski definition) is 4. The number of carboxylic acids is 1. The summed E-state index contributed by atoms with van der Waals surface area (Å²) in [6.07, 6.45) is 0.951. The maximum absolute atomic E-state index is 10.8. The van der Waals surface area contributed by atoms with Crippen molar-refractivity contribution in [3.63, 3.8) is 0 Å². The van der Waals surface area contributed by atoms with Gasteiger partial charge in [-0.2, -0.15) is 5.10 Å². The Bertz CT molecular complexity index is 436. The van der Waals surface area contributed by atoms with Gasteiger partial charge in [-0.3, -0.25) is 19.6 Å². The van der Waals surface area contributed by atoms with Gasteiger partial charge in [-0.05, 0) is 0 Å². The molecule has 0 fully saturated rings. The van der Waals surface area contributed by atoms with Crippen LogP contribution in [0.4, 0.5) is 5.69 Å². The Balaban J connectivity index is 3.25. The van der Waals surface area contributed by atoms with E-state index in [1.54, 1.807) is 20.9 Å². The topological polar surface area (TPSA) is 98.3 Å². The minimum atomic E-state index is -1.000. The first-order chi connectivity index (χ1) is 7.25. The van der Waals surface area contributed by atoms with Gasteiger partial charge >= 0.3 is 11.7 Å². The zero-order valence-corrected chi connectivity index (χ0v) is 9.30. The summed E-state index contributed by atoms with van der Waals surface area (Å²) < 4.78 is 1.35. The van der Waals surface area contributed by atoms with E-state index in [2.05, 4.69) is 5.10 Å². The molecule has 0 atom stereocenters. The molecule has 1 heterocycles. The lowest BCUT2D eigenvalue weighted by molar-refractivity contribution is -0.386. The molecule has 0 saturated carbocycles. The molecule has 0 aliphatic rings. The van der Waals surface area contributed by atoms with Crippen LogP contribution in [0, 0.1) is 10.1 Å². The Labute approximate surface area is 91.8 Å². The molecule has 0 unspecified atom stereocenters. The molecule has 0 spiro atoms. The van der Waals surface area contributed by atoms with Crippen molar-refractivity contribution >= 4 is 11.7 Å². The van der Waals surface area contributed by atoms with Gasteiger partial charge in [-0.15, -0.1) is 0 Å². The first-order valence-electron chi connectivity index (χ1n) is 4.64. The summed E-state index contributed by atoms with van der Waals surface area (Å²) in [5, 5.41) is 23.3. The van der Waals surface area contributed by atoms with Gasteiger partial charge in [0.25, 0.3) is 0 Å². The normalized spacial score (nSPS) is 11.4. The van der Waals surface area contributed by atoms with Crippen LogP contribution < -0.4 is 0 Å². The molecule has 0 radical (unpaired) electrons. The molecule has 0 bridgehead atoms. The van der Waals surface area contributed by atoms with Gasteiger partial charge in [0.15, 0.2) is 0 Å². The lowest BCUT2D eigenvalue weighted by atomic mass is 9.85. The highest BCUT2D eigenvalue weighted by molar-refractivity contribution is 5.69. The minimum Gasteiger partial charge on any atom is -0.481 e. The molecular formula is C9H13N3O4. The first-order valence-corrected chi connectivity index (χ1v) is 4.64. The predicted octanol–water partition coefficient (Wildman–Crippen LogP) is 1.08. The number of nitrogens with zero attached hydrogens (tertiary/aromatic N) is 3. The van der Waals surface area contributed by atoms with Crippen LogP contribution in [0.3, 0.4) is 0 Å². The first kappa shape index (κ1) is 12.2. The van der Waals surface area contributed by atoms with E-state index in [-0.39, 0.29) is 12.1 Å². The van der Waals surface area contributed by atoms with E-state index in [0.717, 1.165) is 6.20 Å². The molecule has 7 heteroatoms. The maximum Gasteiger partial charge on any atom is 0.310 e. The molecule has 1 aromatic rings. The Morgan fingerprint density at radius 3 is 2.69 bits per heavy atom. The van der Waals surface area contributed by atoms with E-state index < -0.39 is 16.3 Å². The predicted molar refractivity (Wildman–Crippen MR) is 55.1 cm³/mol. The van der Waals surface area contributed by atoms with E-state index in [4.69, 9.17) is 5.11 Å². The number of aromatic nitrogens is 2. The highest BCUT2D eigenvalue weighted by atomic mass is 16.6. The van der Waals surface area contributed by atoms with E-state index in [0.29, 0.717) is 5.69 Å². The van der Waals surface area contributed by atoms with Crippen molar-refractivity contribution < 1.29 is 14.8 Å². The summed E-state index contributed by atoms with van der Waals surface area (Å²) in [6.45, 7) is 3.29. The van der Waals surface area contributed by atoms with Crippen LogP contribution in [0.5, 0.6) is 0 Å². The molecule has 0 saturated heterocycles. The molecule has 1 rings (SSSR count). The standard InChI is InChI=1S/C9H13N3O4/c1-9(2,4-7(13)14)8-6(12(15)16)5-10-11(8)3/h5H,4H2,1-3H3,(H,13,14). The van der Waals surface area contributed by atoms with Crippen molar-refractivity contribution in [2.24, 2.45) is 7.05 Å². The zero-order chi connectivity index (χ0) is 12.5. The van der Waals surface area contributed by atoms with Crippen LogP contribution in [0.15, 0.2) is 6.20 Å². The SMILES string of the molecule is Cn1ncc([N+](=O)[O-])c1C(C)(C)CC(=O)O.